The summed E-state index contributed by atoms with van der Waals surface area (Å²) < 4.78 is 4.79. The molecule has 0 fully saturated rings. The van der Waals surface area contributed by atoms with Gasteiger partial charge in [0.15, 0.2) is 0 Å². The van der Waals surface area contributed by atoms with Crippen molar-refractivity contribution in [1.82, 2.24) is 0 Å². The zero-order chi connectivity index (χ0) is 9.40. The van der Waals surface area contributed by atoms with Crippen LogP contribution >= 0.6 is 0 Å². The molecular formula is C10H13O2. The maximum Gasteiger partial charge on any atom is 0.313 e. The lowest BCUT2D eigenvalue weighted by Crippen LogP contribution is -2.15. The van der Waals surface area contributed by atoms with Crippen molar-refractivity contribution in [3.8, 4) is 0 Å². The molecule has 1 radical (unpaired) electrons. The first-order valence-corrected chi connectivity index (χ1v) is 3.62. The normalized spacial score (nSPS) is 11.3. The Kier molecular flexibility index (Phi) is 5.70. The SMILES string of the molecule is C=C[CH]C(C=C)C(=O)OCC=C. The van der Waals surface area contributed by atoms with Gasteiger partial charge in [0.05, 0.1) is 5.92 Å². The molecule has 0 aromatic carbocycles. The third-order valence-corrected chi connectivity index (χ3v) is 1.21. The molecule has 0 N–H and O–H groups in total. The minimum atomic E-state index is -0.401. The molecule has 0 aliphatic carbocycles. The van der Waals surface area contributed by atoms with Crippen molar-refractivity contribution in [2.24, 2.45) is 5.92 Å². The van der Waals surface area contributed by atoms with E-state index >= 15 is 0 Å². The zero-order valence-corrected chi connectivity index (χ0v) is 7.03. The molecule has 0 spiro atoms. The molecule has 0 rings (SSSR count). The molecule has 2 nitrogen and oxygen atoms in total. The monoisotopic (exact) mass is 165 g/mol. The molecule has 0 bridgehead atoms. The highest BCUT2D eigenvalue weighted by molar-refractivity contribution is 5.76. The fraction of sp³-hybridized carbons (Fsp3) is 0.200. The van der Waals surface area contributed by atoms with E-state index in [0.29, 0.717) is 0 Å². The lowest BCUT2D eigenvalue weighted by molar-refractivity contribution is -0.144. The number of carbonyl (C=O) groups excluding carboxylic acids is 1. The van der Waals surface area contributed by atoms with Gasteiger partial charge in [0.25, 0.3) is 0 Å². The molecule has 0 heterocycles. The minimum absolute atomic E-state index is 0.230. The van der Waals surface area contributed by atoms with E-state index < -0.39 is 5.92 Å². The van der Waals surface area contributed by atoms with E-state index in [1.165, 1.54) is 12.2 Å². The van der Waals surface area contributed by atoms with Gasteiger partial charge in [0, 0.05) is 6.42 Å². The van der Waals surface area contributed by atoms with Gasteiger partial charge in [0.1, 0.15) is 6.61 Å². The highest BCUT2D eigenvalue weighted by Crippen LogP contribution is 2.05. The summed E-state index contributed by atoms with van der Waals surface area (Å²) in [7, 11) is 0. The number of carbonyl (C=O) groups is 1. The topological polar surface area (TPSA) is 26.3 Å². The average molecular weight is 165 g/mol. The second-order valence-corrected chi connectivity index (χ2v) is 2.11. The molecule has 0 saturated carbocycles. The molecule has 1 unspecified atom stereocenters. The summed E-state index contributed by atoms with van der Waals surface area (Å²) >= 11 is 0. The van der Waals surface area contributed by atoms with Gasteiger partial charge in [-0.2, -0.15) is 0 Å². The van der Waals surface area contributed by atoms with Gasteiger partial charge < -0.3 is 4.74 Å². The Balaban J connectivity index is 3.92. The number of esters is 1. The van der Waals surface area contributed by atoms with Gasteiger partial charge in [0.2, 0.25) is 0 Å². The Morgan fingerprint density at radius 3 is 2.50 bits per heavy atom. The summed E-state index contributed by atoms with van der Waals surface area (Å²) in [5.41, 5.74) is 0. The lowest BCUT2D eigenvalue weighted by Gasteiger charge is -2.07. The van der Waals surface area contributed by atoms with Gasteiger partial charge in [-0.1, -0.05) is 24.8 Å². The molecule has 0 aliphatic rings. The predicted molar refractivity (Wildman–Crippen MR) is 49.3 cm³/mol. The Morgan fingerprint density at radius 2 is 2.08 bits per heavy atom. The smallest absolute Gasteiger partial charge is 0.313 e. The van der Waals surface area contributed by atoms with E-state index in [2.05, 4.69) is 19.7 Å². The summed E-state index contributed by atoms with van der Waals surface area (Å²) in [6.07, 6.45) is 6.19. The zero-order valence-electron chi connectivity index (χ0n) is 7.03. The van der Waals surface area contributed by atoms with Crippen molar-refractivity contribution < 1.29 is 9.53 Å². The van der Waals surface area contributed by atoms with Crippen LogP contribution in [0.2, 0.25) is 0 Å². The van der Waals surface area contributed by atoms with Crippen LogP contribution in [0.5, 0.6) is 0 Å². The van der Waals surface area contributed by atoms with E-state index in [9.17, 15) is 4.79 Å². The van der Waals surface area contributed by atoms with E-state index in [1.807, 2.05) is 0 Å². The van der Waals surface area contributed by atoms with Gasteiger partial charge in [-0.05, 0) is 0 Å². The minimum Gasteiger partial charge on any atom is -0.461 e. The Morgan fingerprint density at radius 1 is 1.42 bits per heavy atom. The number of hydrogen-bond donors (Lipinski definition) is 0. The van der Waals surface area contributed by atoms with Crippen LogP contribution in [0.15, 0.2) is 38.0 Å². The maximum atomic E-state index is 11.1. The van der Waals surface area contributed by atoms with E-state index in [-0.39, 0.29) is 12.6 Å². The van der Waals surface area contributed by atoms with Crippen LogP contribution in [0.25, 0.3) is 0 Å². The highest BCUT2D eigenvalue weighted by atomic mass is 16.5. The summed E-state index contributed by atoms with van der Waals surface area (Å²) in [5.74, 6) is -0.729. The van der Waals surface area contributed by atoms with Gasteiger partial charge in [-0.15, -0.1) is 13.2 Å². The van der Waals surface area contributed by atoms with Crippen molar-refractivity contribution in [3.05, 3.63) is 44.4 Å². The second-order valence-electron chi connectivity index (χ2n) is 2.11. The molecule has 0 aromatic heterocycles. The lowest BCUT2D eigenvalue weighted by atomic mass is 10.1. The van der Waals surface area contributed by atoms with Crippen molar-refractivity contribution in [2.75, 3.05) is 6.61 Å². The largest absolute Gasteiger partial charge is 0.461 e. The molecule has 65 valence electrons. The fourth-order valence-corrected chi connectivity index (χ4v) is 0.637. The summed E-state index contributed by atoms with van der Waals surface area (Å²) in [5, 5.41) is 0. The van der Waals surface area contributed by atoms with Crippen molar-refractivity contribution in [3.63, 3.8) is 0 Å². The van der Waals surface area contributed by atoms with Crippen LogP contribution in [0.3, 0.4) is 0 Å². The van der Waals surface area contributed by atoms with Gasteiger partial charge in [-0.3, -0.25) is 4.79 Å². The number of rotatable bonds is 6. The van der Waals surface area contributed by atoms with Crippen molar-refractivity contribution >= 4 is 5.97 Å². The second kappa shape index (κ2) is 6.40. The van der Waals surface area contributed by atoms with Crippen LogP contribution in [0.4, 0.5) is 0 Å². The number of ether oxygens (including phenoxy) is 1. The number of allylic oxidation sites excluding steroid dienone is 1. The first-order chi connectivity index (χ1) is 5.76. The molecule has 12 heavy (non-hydrogen) atoms. The Labute approximate surface area is 73.2 Å². The maximum absolute atomic E-state index is 11.1. The quantitative estimate of drug-likeness (QED) is 0.444. The molecular weight excluding hydrogens is 152 g/mol. The predicted octanol–water partition coefficient (Wildman–Crippen LogP) is 1.91. The van der Waals surface area contributed by atoms with Crippen LogP contribution in [-0.4, -0.2) is 12.6 Å². The fourth-order valence-electron chi connectivity index (χ4n) is 0.637. The molecule has 1 atom stereocenters. The van der Waals surface area contributed by atoms with Crippen LogP contribution in [-0.2, 0) is 9.53 Å². The molecule has 0 aliphatic heterocycles. The van der Waals surface area contributed by atoms with E-state index in [1.54, 1.807) is 12.5 Å². The third kappa shape index (κ3) is 3.76. The molecule has 0 aromatic rings. The Bertz CT molecular complexity index is 182. The Hall–Kier alpha value is -1.31. The molecule has 2 heteroatoms. The standard InChI is InChI=1S/C10H13O2/c1-4-7-9(6-3)10(11)12-8-5-2/h4-7,9H,1-3,8H2. The molecule has 0 saturated heterocycles. The van der Waals surface area contributed by atoms with Crippen LogP contribution < -0.4 is 0 Å². The summed E-state index contributed by atoms with van der Waals surface area (Å²) in [6, 6.07) is 0. The van der Waals surface area contributed by atoms with Crippen molar-refractivity contribution in [1.29, 1.82) is 0 Å². The van der Waals surface area contributed by atoms with Gasteiger partial charge in [-0.25, -0.2) is 0 Å². The van der Waals surface area contributed by atoms with E-state index in [0.717, 1.165) is 0 Å². The summed E-state index contributed by atoms with van der Waals surface area (Å²) in [6.45, 7) is 10.6. The van der Waals surface area contributed by atoms with Gasteiger partial charge >= 0.3 is 5.97 Å². The average Bonchev–Trinajstić information content (AvgIpc) is 2.10. The summed E-state index contributed by atoms with van der Waals surface area (Å²) in [4.78, 5) is 11.1. The highest BCUT2D eigenvalue weighted by Gasteiger charge is 2.13. The first kappa shape index (κ1) is 10.7. The number of hydrogen-bond acceptors (Lipinski definition) is 2. The van der Waals surface area contributed by atoms with Crippen LogP contribution in [0.1, 0.15) is 0 Å². The van der Waals surface area contributed by atoms with Crippen molar-refractivity contribution in [2.45, 2.75) is 0 Å². The van der Waals surface area contributed by atoms with E-state index in [4.69, 9.17) is 4.74 Å². The van der Waals surface area contributed by atoms with Crippen LogP contribution in [0, 0.1) is 12.3 Å². The molecule has 0 amide bonds. The first-order valence-electron chi connectivity index (χ1n) is 3.62. The third-order valence-electron chi connectivity index (χ3n) is 1.21.